The van der Waals surface area contributed by atoms with Gasteiger partial charge in [0.25, 0.3) is 0 Å². The lowest BCUT2D eigenvalue weighted by Gasteiger charge is -2.21. The van der Waals surface area contributed by atoms with Gasteiger partial charge in [0.2, 0.25) is 0 Å². The fourth-order valence-electron chi connectivity index (χ4n) is 1.68. The molecule has 0 saturated heterocycles. The molecule has 120 valence electrons. The number of nitrogens with zero attached hydrogens (tertiary/aromatic N) is 1. The molecule has 0 heterocycles. The molecule has 0 aromatic carbocycles. The van der Waals surface area contributed by atoms with Gasteiger partial charge in [0.05, 0.1) is 0 Å². The van der Waals surface area contributed by atoms with Gasteiger partial charge in [-0.3, -0.25) is 0 Å². The van der Waals surface area contributed by atoms with Crippen molar-refractivity contribution in [3.8, 4) is 0 Å². The average molecular weight is 275 g/mol. The van der Waals surface area contributed by atoms with Crippen LogP contribution in [0.1, 0.15) is 63.7 Å². The predicted octanol–water partition coefficient (Wildman–Crippen LogP) is 4.82. The molecule has 0 aliphatic heterocycles. The van der Waals surface area contributed by atoms with Crippen molar-refractivity contribution in [3.63, 3.8) is 0 Å². The Morgan fingerprint density at radius 2 is 1.74 bits per heavy atom. The summed E-state index contributed by atoms with van der Waals surface area (Å²) in [5.41, 5.74) is 1.43. The molecular formula is C17H42N2. The largest absolute Gasteiger partial charge is 0.313 e. The Kier molecular flexibility index (Phi) is 19.6. The zero-order valence-electron chi connectivity index (χ0n) is 14.0. The molecule has 0 saturated carbocycles. The molecule has 0 aromatic heterocycles. The minimum absolute atomic E-state index is 0. The Morgan fingerprint density at radius 3 is 2.16 bits per heavy atom. The van der Waals surface area contributed by atoms with Crippen LogP contribution in [-0.2, 0) is 0 Å². The number of rotatable bonds is 8. The molecule has 0 amide bonds. The van der Waals surface area contributed by atoms with Gasteiger partial charge in [0, 0.05) is 27.1 Å². The first-order chi connectivity index (χ1) is 8.41. The normalized spacial score (nSPS) is 11.5. The fourth-order valence-corrected chi connectivity index (χ4v) is 1.68. The van der Waals surface area contributed by atoms with E-state index in [1.165, 1.54) is 18.5 Å². The molecule has 1 atom stereocenters. The lowest BCUT2D eigenvalue weighted by atomic mass is 10.1. The van der Waals surface area contributed by atoms with E-state index in [4.69, 9.17) is 0 Å². The van der Waals surface area contributed by atoms with Gasteiger partial charge < -0.3 is 10.2 Å². The van der Waals surface area contributed by atoms with Gasteiger partial charge in [-0.25, -0.2) is 0 Å². The second kappa shape index (κ2) is 15.7. The molecule has 0 unspecified atom stereocenters. The molecule has 2 heteroatoms. The van der Waals surface area contributed by atoms with Crippen molar-refractivity contribution in [1.29, 1.82) is 0 Å². The van der Waals surface area contributed by atoms with E-state index < -0.39 is 0 Å². The highest BCUT2D eigenvalue weighted by molar-refractivity contribution is 4.93. The summed E-state index contributed by atoms with van der Waals surface area (Å²) in [4.78, 5) is 2.42. The summed E-state index contributed by atoms with van der Waals surface area (Å²) in [7, 11) is 2.21. The van der Waals surface area contributed by atoms with Crippen LogP contribution >= 0.6 is 0 Å². The molecule has 0 aliphatic rings. The lowest BCUT2D eigenvalue weighted by molar-refractivity contribution is 0.283. The van der Waals surface area contributed by atoms with E-state index in [0.29, 0.717) is 6.04 Å². The molecule has 0 spiro atoms. The summed E-state index contributed by atoms with van der Waals surface area (Å²) in [5.74, 6) is 0.749. The molecule has 0 radical (unpaired) electrons. The second-order valence-corrected chi connectivity index (χ2v) is 5.49. The standard InChI is InChI=1S/C14H30N2.C2H6.CH4.H2/c1-12(2)7-8-14(5)11-16(6)10-9-15-13(3)4;1-2;;/h7,13-15H,8-11H2,1-6H3;1-2H3;1H4;1H/t14-;;;/m0.../s1. The molecule has 0 aliphatic carbocycles. The van der Waals surface area contributed by atoms with E-state index in [2.05, 4.69) is 58.0 Å². The van der Waals surface area contributed by atoms with E-state index in [0.717, 1.165) is 19.0 Å². The summed E-state index contributed by atoms with van der Waals surface area (Å²) in [6.45, 7) is 18.5. The summed E-state index contributed by atoms with van der Waals surface area (Å²) in [6.07, 6.45) is 3.54. The van der Waals surface area contributed by atoms with Gasteiger partial charge in [-0.15, -0.1) is 0 Å². The van der Waals surface area contributed by atoms with Crippen LogP contribution in [0.5, 0.6) is 0 Å². The molecule has 1 N–H and O–H groups in total. The Labute approximate surface area is 125 Å². The van der Waals surface area contributed by atoms with Crippen LogP contribution in [-0.4, -0.2) is 37.6 Å². The van der Waals surface area contributed by atoms with Gasteiger partial charge in [0.15, 0.2) is 0 Å². The highest BCUT2D eigenvalue weighted by Crippen LogP contribution is 2.06. The lowest BCUT2D eigenvalue weighted by Crippen LogP contribution is -2.34. The minimum Gasteiger partial charge on any atom is -0.313 e. The third kappa shape index (κ3) is 20.2. The van der Waals surface area contributed by atoms with Crippen LogP contribution < -0.4 is 5.32 Å². The third-order valence-electron chi connectivity index (χ3n) is 2.60. The molecule has 0 bridgehead atoms. The zero-order chi connectivity index (χ0) is 14.6. The van der Waals surface area contributed by atoms with Crippen LogP contribution in [0, 0.1) is 5.92 Å². The summed E-state index contributed by atoms with van der Waals surface area (Å²) in [5, 5.41) is 3.45. The first kappa shape index (κ1) is 23.7. The summed E-state index contributed by atoms with van der Waals surface area (Å²) in [6, 6.07) is 0.594. The van der Waals surface area contributed by atoms with Crippen molar-refractivity contribution in [2.24, 2.45) is 5.92 Å². The van der Waals surface area contributed by atoms with Crippen LogP contribution in [0.4, 0.5) is 0 Å². The van der Waals surface area contributed by atoms with Gasteiger partial charge in [0.1, 0.15) is 0 Å². The monoisotopic (exact) mass is 274 g/mol. The van der Waals surface area contributed by atoms with E-state index in [9.17, 15) is 0 Å². The maximum Gasteiger partial charge on any atom is 0.0104 e. The smallest absolute Gasteiger partial charge is 0.0104 e. The van der Waals surface area contributed by atoms with E-state index >= 15 is 0 Å². The molecule has 0 rings (SSSR count). The van der Waals surface area contributed by atoms with Gasteiger partial charge >= 0.3 is 0 Å². The average Bonchev–Trinajstić information content (AvgIpc) is 2.28. The SMILES string of the molecule is C.CC.CC(C)=CC[C@H](C)CN(C)CCNC(C)C.[HH]. The second-order valence-electron chi connectivity index (χ2n) is 5.49. The number of hydrogen-bond donors (Lipinski definition) is 1. The predicted molar refractivity (Wildman–Crippen MR) is 94.0 cm³/mol. The van der Waals surface area contributed by atoms with Gasteiger partial charge in [-0.1, -0.05) is 53.7 Å². The number of likely N-dealkylation sites (N-methyl/N-ethyl adjacent to an activating group) is 1. The Bertz CT molecular complexity index is 199. The molecule has 19 heavy (non-hydrogen) atoms. The van der Waals surface area contributed by atoms with Crippen LogP contribution in [0.25, 0.3) is 0 Å². The Morgan fingerprint density at radius 1 is 1.21 bits per heavy atom. The van der Waals surface area contributed by atoms with E-state index in [-0.39, 0.29) is 8.85 Å². The highest BCUT2D eigenvalue weighted by atomic mass is 15.1. The number of nitrogens with one attached hydrogen (secondary N) is 1. The van der Waals surface area contributed by atoms with Crippen molar-refractivity contribution >= 4 is 0 Å². The number of allylic oxidation sites excluding steroid dienone is 2. The Hall–Kier alpha value is -0.340. The van der Waals surface area contributed by atoms with E-state index in [1.54, 1.807) is 0 Å². The van der Waals surface area contributed by atoms with Crippen molar-refractivity contribution in [3.05, 3.63) is 11.6 Å². The zero-order valence-corrected chi connectivity index (χ0v) is 14.0. The van der Waals surface area contributed by atoms with Gasteiger partial charge in [-0.2, -0.15) is 0 Å². The van der Waals surface area contributed by atoms with Crippen molar-refractivity contribution in [2.45, 2.75) is 68.4 Å². The van der Waals surface area contributed by atoms with Crippen molar-refractivity contribution in [1.82, 2.24) is 10.2 Å². The quantitative estimate of drug-likeness (QED) is 0.639. The molecule has 0 aromatic rings. The fraction of sp³-hybridized carbons (Fsp3) is 0.882. The van der Waals surface area contributed by atoms with Crippen LogP contribution in [0.3, 0.4) is 0 Å². The minimum atomic E-state index is 0. The van der Waals surface area contributed by atoms with Gasteiger partial charge in [-0.05, 0) is 33.2 Å². The molecule has 2 nitrogen and oxygen atoms in total. The molecular weight excluding hydrogens is 232 g/mol. The highest BCUT2D eigenvalue weighted by Gasteiger charge is 2.05. The maximum atomic E-state index is 3.45. The van der Waals surface area contributed by atoms with E-state index in [1.807, 2.05) is 13.8 Å². The first-order valence-electron chi connectivity index (χ1n) is 7.47. The summed E-state index contributed by atoms with van der Waals surface area (Å²) < 4.78 is 0. The molecule has 0 fully saturated rings. The first-order valence-corrected chi connectivity index (χ1v) is 7.47. The van der Waals surface area contributed by atoms with Crippen molar-refractivity contribution in [2.75, 3.05) is 26.7 Å². The topological polar surface area (TPSA) is 15.3 Å². The maximum absolute atomic E-state index is 3.45. The van der Waals surface area contributed by atoms with Crippen LogP contribution in [0.15, 0.2) is 11.6 Å². The summed E-state index contributed by atoms with van der Waals surface area (Å²) >= 11 is 0. The number of hydrogen-bond acceptors (Lipinski definition) is 2. The Balaban J connectivity index is -0.000000304. The third-order valence-corrected chi connectivity index (χ3v) is 2.60. The van der Waals surface area contributed by atoms with Crippen LogP contribution in [0.2, 0.25) is 0 Å². The van der Waals surface area contributed by atoms with Crippen molar-refractivity contribution < 1.29 is 1.43 Å².